The third-order valence-corrected chi connectivity index (χ3v) is 1.86. The van der Waals surface area contributed by atoms with E-state index < -0.39 is 0 Å². The summed E-state index contributed by atoms with van der Waals surface area (Å²) in [6.45, 7) is 4.56. The van der Waals surface area contributed by atoms with Crippen LogP contribution >= 0.6 is 0 Å². The van der Waals surface area contributed by atoms with E-state index in [1.807, 2.05) is 32.8 Å². The number of hydrogen-bond acceptors (Lipinski definition) is 3. The molecule has 0 aromatic heterocycles. The van der Waals surface area contributed by atoms with Crippen molar-refractivity contribution in [3.63, 3.8) is 0 Å². The minimum atomic E-state index is -0.340. The van der Waals surface area contributed by atoms with E-state index in [-0.39, 0.29) is 18.0 Å². The Kier molecular flexibility index (Phi) is 5.15. The SMILES string of the molecule is CC.CN(C)CC1C(=O)NC(=O)N1C. The third kappa shape index (κ3) is 2.99. The van der Waals surface area contributed by atoms with E-state index >= 15 is 0 Å². The van der Waals surface area contributed by atoms with Gasteiger partial charge in [0.1, 0.15) is 6.04 Å². The quantitative estimate of drug-likeness (QED) is 0.646. The molecule has 5 nitrogen and oxygen atoms in total. The fraction of sp³-hybridized carbons (Fsp3) is 0.778. The zero-order chi connectivity index (χ0) is 11.3. The van der Waals surface area contributed by atoms with Gasteiger partial charge in [-0.1, -0.05) is 13.8 Å². The predicted molar refractivity (Wildman–Crippen MR) is 55.0 cm³/mol. The first-order valence-electron chi connectivity index (χ1n) is 4.74. The number of carbonyl (C=O) groups is 2. The van der Waals surface area contributed by atoms with Crippen molar-refractivity contribution in [3.8, 4) is 0 Å². The Hall–Kier alpha value is -1.10. The van der Waals surface area contributed by atoms with E-state index in [0.29, 0.717) is 6.54 Å². The van der Waals surface area contributed by atoms with Gasteiger partial charge >= 0.3 is 6.03 Å². The van der Waals surface area contributed by atoms with Crippen molar-refractivity contribution >= 4 is 11.9 Å². The summed E-state index contributed by atoms with van der Waals surface area (Å²) in [5.41, 5.74) is 0. The number of nitrogens with zero attached hydrogens (tertiary/aromatic N) is 2. The van der Waals surface area contributed by atoms with E-state index in [4.69, 9.17) is 0 Å². The van der Waals surface area contributed by atoms with Gasteiger partial charge in [0.05, 0.1) is 0 Å². The maximum Gasteiger partial charge on any atom is 0.324 e. The fourth-order valence-electron chi connectivity index (χ4n) is 1.15. The molecule has 1 fully saturated rings. The molecular formula is C9H19N3O2. The van der Waals surface area contributed by atoms with E-state index in [0.717, 1.165) is 0 Å². The molecule has 14 heavy (non-hydrogen) atoms. The first-order chi connectivity index (χ1) is 6.52. The summed E-state index contributed by atoms with van der Waals surface area (Å²) in [4.78, 5) is 25.4. The van der Waals surface area contributed by atoms with Crippen LogP contribution in [0.1, 0.15) is 13.8 Å². The van der Waals surface area contributed by atoms with Crippen molar-refractivity contribution in [2.24, 2.45) is 0 Å². The van der Waals surface area contributed by atoms with Gasteiger partial charge in [-0.05, 0) is 14.1 Å². The lowest BCUT2D eigenvalue weighted by molar-refractivity contribution is -0.121. The third-order valence-electron chi connectivity index (χ3n) is 1.86. The Balaban J connectivity index is 0.000000791. The van der Waals surface area contributed by atoms with Gasteiger partial charge in [0.15, 0.2) is 0 Å². The van der Waals surface area contributed by atoms with Crippen LogP contribution in [0.5, 0.6) is 0 Å². The molecule has 0 radical (unpaired) electrons. The molecule has 5 heteroatoms. The standard InChI is InChI=1S/C7H13N3O2.C2H6/c1-9(2)4-5-6(11)8-7(12)10(5)3;1-2/h5H,4H2,1-3H3,(H,8,11,12);1-2H3. The number of amides is 3. The van der Waals surface area contributed by atoms with Crippen LogP contribution in [0.4, 0.5) is 4.79 Å². The molecule has 1 unspecified atom stereocenters. The van der Waals surface area contributed by atoms with Crippen molar-refractivity contribution in [2.75, 3.05) is 27.7 Å². The number of hydrogen-bond donors (Lipinski definition) is 1. The Morgan fingerprint density at radius 3 is 2.14 bits per heavy atom. The van der Waals surface area contributed by atoms with Gasteiger partial charge in [0.25, 0.3) is 5.91 Å². The summed E-state index contributed by atoms with van der Waals surface area (Å²) in [6.07, 6.45) is 0. The van der Waals surface area contributed by atoms with Gasteiger partial charge in [-0.3, -0.25) is 10.1 Å². The highest BCUT2D eigenvalue weighted by Gasteiger charge is 2.35. The normalized spacial score (nSPS) is 20.7. The summed E-state index contributed by atoms with van der Waals surface area (Å²) in [5, 5.41) is 2.24. The Bertz CT molecular complexity index is 216. The second kappa shape index (κ2) is 5.59. The first-order valence-corrected chi connectivity index (χ1v) is 4.74. The molecule has 1 heterocycles. The maximum atomic E-state index is 11.1. The maximum absolute atomic E-state index is 11.1. The summed E-state index contributed by atoms with van der Waals surface area (Å²) in [7, 11) is 5.35. The van der Waals surface area contributed by atoms with Crippen LogP contribution in [0.25, 0.3) is 0 Å². The van der Waals surface area contributed by atoms with Crippen molar-refractivity contribution < 1.29 is 9.59 Å². The van der Waals surface area contributed by atoms with Gasteiger partial charge in [-0.2, -0.15) is 0 Å². The minimum absolute atomic E-state index is 0.212. The highest BCUT2D eigenvalue weighted by Crippen LogP contribution is 2.05. The Labute approximate surface area is 85.1 Å². The predicted octanol–water partition coefficient (Wildman–Crippen LogP) is 0.124. The molecule has 0 aromatic carbocycles. The fourth-order valence-corrected chi connectivity index (χ4v) is 1.15. The Morgan fingerprint density at radius 2 is 1.86 bits per heavy atom. The lowest BCUT2D eigenvalue weighted by Gasteiger charge is -2.19. The number of rotatable bonds is 2. The number of nitrogens with one attached hydrogen (secondary N) is 1. The van der Waals surface area contributed by atoms with Gasteiger partial charge < -0.3 is 9.80 Å². The molecule has 0 aliphatic carbocycles. The average Bonchev–Trinajstić information content (AvgIpc) is 2.35. The number of likely N-dealkylation sites (N-methyl/N-ethyl adjacent to an activating group) is 2. The van der Waals surface area contributed by atoms with Gasteiger partial charge in [0, 0.05) is 13.6 Å². The molecule has 0 saturated carbocycles. The molecule has 1 N–H and O–H groups in total. The van der Waals surface area contributed by atoms with E-state index in [1.54, 1.807) is 7.05 Å². The summed E-state index contributed by atoms with van der Waals surface area (Å²) in [5.74, 6) is -0.212. The monoisotopic (exact) mass is 201 g/mol. The largest absolute Gasteiger partial charge is 0.324 e. The molecule has 0 bridgehead atoms. The minimum Gasteiger partial charge on any atom is -0.314 e. The highest BCUT2D eigenvalue weighted by atomic mass is 16.2. The van der Waals surface area contributed by atoms with E-state index in [2.05, 4.69) is 5.32 Å². The van der Waals surface area contributed by atoms with Crippen LogP contribution in [-0.4, -0.2) is 55.5 Å². The lowest BCUT2D eigenvalue weighted by Crippen LogP contribution is -2.39. The van der Waals surface area contributed by atoms with E-state index in [9.17, 15) is 9.59 Å². The molecule has 1 atom stereocenters. The highest BCUT2D eigenvalue weighted by molar-refractivity contribution is 6.04. The van der Waals surface area contributed by atoms with Crippen LogP contribution in [0.2, 0.25) is 0 Å². The molecule has 1 aliphatic rings. The molecule has 82 valence electrons. The van der Waals surface area contributed by atoms with Crippen LogP contribution in [0.3, 0.4) is 0 Å². The van der Waals surface area contributed by atoms with E-state index in [1.165, 1.54) is 4.90 Å². The topological polar surface area (TPSA) is 52.7 Å². The molecule has 1 aliphatic heterocycles. The zero-order valence-electron chi connectivity index (χ0n) is 9.50. The molecule has 1 rings (SSSR count). The second-order valence-electron chi connectivity index (χ2n) is 3.18. The average molecular weight is 201 g/mol. The molecule has 0 spiro atoms. The molecular weight excluding hydrogens is 182 g/mol. The van der Waals surface area contributed by atoms with Crippen LogP contribution in [-0.2, 0) is 4.79 Å². The van der Waals surface area contributed by atoms with Crippen LogP contribution in [0.15, 0.2) is 0 Å². The molecule has 1 saturated heterocycles. The van der Waals surface area contributed by atoms with Crippen molar-refractivity contribution in [1.82, 2.24) is 15.1 Å². The first kappa shape index (κ1) is 12.9. The number of carbonyl (C=O) groups excluding carboxylic acids is 2. The molecule has 0 aromatic rings. The van der Waals surface area contributed by atoms with Crippen LogP contribution < -0.4 is 5.32 Å². The molecule has 3 amide bonds. The second-order valence-corrected chi connectivity index (χ2v) is 3.18. The number of imide groups is 1. The summed E-state index contributed by atoms with van der Waals surface area (Å²) >= 11 is 0. The zero-order valence-corrected chi connectivity index (χ0v) is 9.50. The van der Waals surface area contributed by atoms with Crippen molar-refractivity contribution in [2.45, 2.75) is 19.9 Å². The van der Waals surface area contributed by atoms with Gasteiger partial charge in [-0.15, -0.1) is 0 Å². The number of urea groups is 1. The summed E-state index contributed by atoms with van der Waals surface area (Å²) in [6, 6.07) is -0.653. The van der Waals surface area contributed by atoms with Crippen molar-refractivity contribution in [3.05, 3.63) is 0 Å². The van der Waals surface area contributed by atoms with Gasteiger partial charge in [0.2, 0.25) is 0 Å². The Morgan fingerprint density at radius 1 is 1.36 bits per heavy atom. The van der Waals surface area contributed by atoms with Crippen molar-refractivity contribution in [1.29, 1.82) is 0 Å². The van der Waals surface area contributed by atoms with Crippen LogP contribution in [0, 0.1) is 0 Å². The smallest absolute Gasteiger partial charge is 0.314 e. The lowest BCUT2D eigenvalue weighted by atomic mass is 10.2. The van der Waals surface area contributed by atoms with Gasteiger partial charge in [-0.25, -0.2) is 4.79 Å². The summed E-state index contributed by atoms with van der Waals surface area (Å²) < 4.78 is 0.